The molecule has 1 fully saturated rings. The van der Waals surface area contributed by atoms with E-state index in [9.17, 15) is 14.4 Å². The average molecular weight is 556 g/mol. The van der Waals surface area contributed by atoms with Gasteiger partial charge < -0.3 is 15.1 Å². The van der Waals surface area contributed by atoms with Crippen LogP contribution in [0, 0.1) is 0 Å². The highest BCUT2D eigenvalue weighted by Crippen LogP contribution is 2.33. The molecule has 0 atom stereocenters. The zero-order valence-corrected chi connectivity index (χ0v) is 21.7. The van der Waals surface area contributed by atoms with Gasteiger partial charge in [0.1, 0.15) is 10.7 Å². The van der Waals surface area contributed by atoms with E-state index < -0.39 is 11.8 Å². The van der Waals surface area contributed by atoms with Crippen LogP contribution in [0.1, 0.15) is 10.4 Å². The summed E-state index contributed by atoms with van der Waals surface area (Å²) in [5, 5.41) is 3.20. The maximum atomic E-state index is 13.2. The number of para-hydroxylation sites is 1. The molecule has 1 N–H and O–H groups in total. The third-order valence-electron chi connectivity index (χ3n) is 6.20. The van der Waals surface area contributed by atoms with Crippen molar-refractivity contribution >= 4 is 69.6 Å². The third kappa shape index (κ3) is 5.16. The van der Waals surface area contributed by atoms with Crippen molar-refractivity contribution in [3.63, 3.8) is 0 Å². The van der Waals surface area contributed by atoms with E-state index in [-0.39, 0.29) is 32.4 Å². The number of piperazine rings is 1. The van der Waals surface area contributed by atoms with E-state index in [1.165, 1.54) is 18.2 Å². The highest BCUT2D eigenvalue weighted by Gasteiger charge is 2.39. The molecule has 2 aliphatic rings. The van der Waals surface area contributed by atoms with Crippen LogP contribution >= 0.6 is 34.8 Å². The van der Waals surface area contributed by atoms with Crippen molar-refractivity contribution < 1.29 is 14.4 Å². The lowest BCUT2D eigenvalue weighted by Gasteiger charge is -2.36. The fourth-order valence-electron chi connectivity index (χ4n) is 4.38. The number of rotatable bonds is 5. The number of imide groups is 1. The topological polar surface area (TPSA) is 73.0 Å². The molecule has 10 heteroatoms. The summed E-state index contributed by atoms with van der Waals surface area (Å²) in [6.45, 7) is 2.64. The molecule has 7 nitrogen and oxygen atoms in total. The molecule has 3 aromatic carbocycles. The van der Waals surface area contributed by atoms with Crippen LogP contribution < -0.4 is 15.1 Å². The van der Waals surface area contributed by atoms with Gasteiger partial charge in [0.2, 0.25) is 0 Å². The van der Waals surface area contributed by atoms with Gasteiger partial charge in [-0.2, -0.15) is 0 Å². The second kappa shape index (κ2) is 10.5. The zero-order chi connectivity index (χ0) is 26.1. The molecule has 0 bridgehead atoms. The Morgan fingerprint density at radius 1 is 0.730 bits per heavy atom. The molecule has 1 saturated heterocycles. The van der Waals surface area contributed by atoms with E-state index in [1.807, 2.05) is 18.2 Å². The third-order valence-corrected chi connectivity index (χ3v) is 6.99. The number of amides is 3. The standard InChI is InChI=1S/C27H21Cl3N4O3/c28-18-14-19(29)16-22(15-18)34-26(36)23(30)24(27(34)37)31-20-6-4-5-17(13-20)25(35)33-11-9-32(10-12-33)21-7-2-1-3-8-21/h1-8,13-16,31H,9-12H2. The minimum absolute atomic E-state index is 0.0937. The van der Waals surface area contributed by atoms with Gasteiger partial charge in [0, 0.05) is 53.2 Å². The first-order valence-corrected chi connectivity index (χ1v) is 12.7. The number of nitrogens with one attached hydrogen (secondary N) is 1. The van der Waals surface area contributed by atoms with Crippen molar-refractivity contribution in [1.82, 2.24) is 4.90 Å². The minimum Gasteiger partial charge on any atom is -0.368 e. The van der Waals surface area contributed by atoms with Crippen molar-refractivity contribution in [2.24, 2.45) is 0 Å². The highest BCUT2D eigenvalue weighted by atomic mass is 35.5. The highest BCUT2D eigenvalue weighted by molar-refractivity contribution is 6.53. The Bertz CT molecular complexity index is 1400. The van der Waals surface area contributed by atoms with Gasteiger partial charge in [-0.1, -0.05) is 59.1 Å². The number of hydrogen-bond donors (Lipinski definition) is 1. The molecule has 0 unspecified atom stereocenters. The van der Waals surface area contributed by atoms with Crippen LogP contribution in [0.5, 0.6) is 0 Å². The Kier molecular flexibility index (Phi) is 7.11. The molecule has 37 heavy (non-hydrogen) atoms. The summed E-state index contributed by atoms with van der Waals surface area (Å²) < 4.78 is 0. The maximum Gasteiger partial charge on any atom is 0.283 e. The summed E-state index contributed by atoms with van der Waals surface area (Å²) in [5.74, 6) is -1.46. The number of anilines is 3. The largest absolute Gasteiger partial charge is 0.368 e. The summed E-state index contributed by atoms with van der Waals surface area (Å²) in [6, 6.07) is 21.3. The summed E-state index contributed by atoms with van der Waals surface area (Å²) in [4.78, 5) is 44.0. The van der Waals surface area contributed by atoms with E-state index in [2.05, 4.69) is 22.3 Å². The van der Waals surface area contributed by atoms with Crippen molar-refractivity contribution in [2.45, 2.75) is 0 Å². The fourth-order valence-corrected chi connectivity index (χ4v) is 5.10. The lowest BCUT2D eigenvalue weighted by Crippen LogP contribution is -2.48. The number of hydrogen-bond acceptors (Lipinski definition) is 5. The molecule has 188 valence electrons. The summed E-state index contributed by atoms with van der Waals surface area (Å²) >= 11 is 18.3. The van der Waals surface area contributed by atoms with E-state index in [4.69, 9.17) is 34.8 Å². The zero-order valence-electron chi connectivity index (χ0n) is 19.5. The first kappa shape index (κ1) is 25.1. The van der Waals surface area contributed by atoms with Crippen LogP contribution in [0.3, 0.4) is 0 Å². The summed E-state index contributed by atoms with van der Waals surface area (Å²) in [6.07, 6.45) is 0. The molecule has 0 aliphatic carbocycles. The van der Waals surface area contributed by atoms with Crippen LogP contribution in [-0.4, -0.2) is 48.8 Å². The number of carbonyl (C=O) groups excluding carboxylic acids is 3. The van der Waals surface area contributed by atoms with Gasteiger partial charge in [-0.3, -0.25) is 14.4 Å². The van der Waals surface area contributed by atoms with Gasteiger partial charge in [0.15, 0.2) is 0 Å². The Hall–Kier alpha value is -3.52. The van der Waals surface area contributed by atoms with Crippen LogP contribution in [-0.2, 0) is 9.59 Å². The molecule has 0 spiro atoms. The van der Waals surface area contributed by atoms with Gasteiger partial charge in [0.05, 0.1) is 5.69 Å². The predicted octanol–water partition coefficient (Wildman–Crippen LogP) is 5.39. The first-order chi connectivity index (χ1) is 17.8. The Morgan fingerprint density at radius 3 is 2.08 bits per heavy atom. The SMILES string of the molecule is O=C(c1cccc(NC2=C(Cl)C(=O)N(c3cc(Cl)cc(Cl)c3)C2=O)c1)N1CCN(c2ccccc2)CC1. The van der Waals surface area contributed by atoms with Crippen molar-refractivity contribution in [3.05, 3.63) is 99.1 Å². The van der Waals surface area contributed by atoms with Crippen LogP contribution in [0.15, 0.2) is 83.5 Å². The molecule has 3 amide bonds. The quantitative estimate of drug-likeness (QED) is 0.427. The van der Waals surface area contributed by atoms with Crippen LogP contribution in [0.4, 0.5) is 17.1 Å². The van der Waals surface area contributed by atoms with Gasteiger partial charge >= 0.3 is 0 Å². The van der Waals surface area contributed by atoms with E-state index in [0.29, 0.717) is 24.3 Å². The Labute approximate surface area is 228 Å². The van der Waals surface area contributed by atoms with Gasteiger partial charge in [-0.05, 0) is 48.5 Å². The molecular weight excluding hydrogens is 535 g/mol. The normalized spacial score (nSPS) is 16.0. The molecule has 2 heterocycles. The van der Waals surface area contributed by atoms with Crippen molar-refractivity contribution in [1.29, 1.82) is 0 Å². The molecular formula is C27H21Cl3N4O3. The van der Waals surface area contributed by atoms with Gasteiger partial charge in [-0.25, -0.2) is 4.90 Å². The lowest BCUT2D eigenvalue weighted by molar-refractivity contribution is -0.120. The maximum absolute atomic E-state index is 13.2. The first-order valence-electron chi connectivity index (χ1n) is 11.5. The Balaban J connectivity index is 1.29. The molecule has 0 aromatic heterocycles. The van der Waals surface area contributed by atoms with Crippen LogP contribution in [0.2, 0.25) is 10.0 Å². The second-order valence-corrected chi connectivity index (χ2v) is 9.83. The minimum atomic E-state index is -0.698. The second-order valence-electron chi connectivity index (χ2n) is 8.58. The molecule has 0 saturated carbocycles. The Morgan fingerprint density at radius 2 is 1.41 bits per heavy atom. The lowest BCUT2D eigenvalue weighted by atomic mass is 10.1. The fraction of sp³-hybridized carbons (Fsp3) is 0.148. The smallest absolute Gasteiger partial charge is 0.283 e. The monoisotopic (exact) mass is 554 g/mol. The average Bonchev–Trinajstić information content (AvgIpc) is 3.11. The van der Waals surface area contributed by atoms with E-state index in [1.54, 1.807) is 29.2 Å². The molecule has 5 rings (SSSR count). The number of benzene rings is 3. The van der Waals surface area contributed by atoms with Gasteiger partial charge in [-0.15, -0.1) is 0 Å². The summed E-state index contributed by atoms with van der Waals surface area (Å²) in [5.41, 5.74) is 2.17. The number of halogens is 3. The predicted molar refractivity (Wildman–Crippen MR) is 146 cm³/mol. The molecule has 2 aliphatic heterocycles. The van der Waals surface area contributed by atoms with E-state index >= 15 is 0 Å². The molecule has 3 aromatic rings. The van der Waals surface area contributed by atoms with Crippen LogP contribution in [0.25, 0.3) is 0 Å². The molecule has 0 radical (unpaired) electrons. The number of carbonyl (C=O) groups is 3. The summed E-state index contributed by atoms with van der Waals surface area (Å²) in [7, 11) is 0. The van der Waals surface area contributed by atoms with Crippen molar-refractivity contribution in [2.75, 3.05) is 41.3 Å². The van der Waals surface area contributed by atoms with Crippen molar-refractivity contribution in [3.8, 4) is 0 Å². The van der Waals surface area contributed by atoms with Gasteiger partial charge in [0.25, 0.3) is 17.7 Å². The van der Waals surface area contributed by atoms with E-state index in [0.717, 1.165) is 23.7 Å². The number of nitrogens with zero attached hydrogens (tertiary/aromatic N) is 3.